The Hall–Kier alpha value is -1.94. The quantitative estimate of drug-likeness (QED) is 0.651. The monoisotopic (exact) mass is 244 g/mol. The van der Waals surface area contributed by atoms with Gasteiger partial charge < -0.3 is 4.57 Å². The zero-order valence-electron chi connectivity index (χ0n) is 8.92. The van der Waals surface area contributed by atoms with E-state index in [9.17, 15) is 0 Å². The van der Waals surface area contributed by atoms with E-state index in [4.69, 9.17) is 11.6 Å². The van der Waals surface area contributed by atoms with Crippen LogP contribution in [0.25, 0.3) is 11.2 Å². The van der Waals surface area contributed by atoms with Crippen LogP contribution in [-0.2, 0) is 6.54 Å². The number of hydrogen-bond donors (Lipinski definition) is 0. The molecule has 17 heavy (non-hydrogen) atoms. The maximum atomic E-state index is 6.06. The number of fused-ring (bicyclic) bond motifs is 1. The molecule has 1 aromatic carbocycles. The van der Waals surface area contributed by atoms with Crippen LogP contribution in [0.1, 0.15) is 5.56 Å². The van der Waals surface area contributed by atoms with E-state index in [-0.39, 0.29) is 0 Å². The summed E-state index contributed by atoms with van der Waals surface area (Å²) in [6.45, 7) is 0.713. The summed E-state index contributed by atoms with van der Waals surface area (Å²) in [5.74, 6) is 0. The average molecular weight is 245 g/mol. The third kappa shape index (κ3) is 1.87. The van der Waals surface area contributed by atoms with Crippen LogP contribution in [0.4, 0.5) is 0 Å². The lowest BCUT2D eigenvalue weighted by molar-refractivity contribution is 0.823. The lowest BCUT2D eigenvalue weighted by Gasteiger charge is -2.04. The zero-order chi connectivity index (χ0) is 11.7. The van der Waals surface area contributed by atoms with Crippen molar-refractivity contribution < 1.29 is 0 Å². The number of hydrogen-bond acceptors (Lipinski definition) is 3. The van der Waals surface area contributed by atoms with Crippen LogP contribution in [0.2, 0.25) is 5.15 Å². The third-order valence-electron chi connectivity index (χ3n) is 2.56. The lowest BCUT2D eigenvalue weighted by Crippen LogP contribution is -1.98. The molecule has 3 aromatic rings. The van der Waals surface area contributed by atoms with Gasteiger partial charge in [-0.1, -0.05) is 41.9 Å². The Morgan fingerprint density at radius 3 is 2.71 bits per heavy atom. The topological polar surface area (TPSA) is 43.6 Å². The molecule has 3 rings (SSSR count). The van der Waals surface area contributed by atoms with Gasteiger partial charge in [-0.2, -0.15) is 0 Å². The first kappa shape index (κ1) is 10.2. The first-order valence-electron chi connectivity index (χ1n) is 5.20. The average Bonchev–Trinajstić information content (AvgIpc) is 2.75. The maximum absolute atomic E-state index is 6.06. The van der Waals surface area contributed by atoms with E-state index in [0.29, 0.717) is 17.3 Å². The van der Waals surface area contributed by atoms with Crippen molar-refractivity contribution in [3.8, 4) is 0 Å². The largest absolute Gasteiger partial charge is 0.322 e. The molecule has 0 saturated heterocycles. The first-order chi connectivity index (χ1) is 8.34. The van der Waals surface area contributed by atoms with Crippen LogP contribution in [0.5, 0.6) is 0 Å². The molecule has 0 fully saturated rings. The molecule has 0 spiro atoms. The van der Waals surface area contributed by atoms with Crippen molar-refractivity contribution in [2.45, 2.75) is 6.54 Å². The normalized spacial score (nSPS) is 10.9. The van der Waals surface area contributed by atoms with Crippen molar-refractivity contribution in [1.82, 2.24) is 19.5 Å². The van der Waals surface area contributed by atoms with Gasteiger partial charge >= 0.3 is 0 Å². The van der Waals surface area contributed by atoms with Crippen molar-refractivity contribution in [1.29, 1.82) is 0 Å². The van der Waals surface area contributed by atoms with E-state index in [1.54, 1.807) is 6.33 Å². The fourth-order valence-electron chi connectivity index (χ4n) is 1.77. The SMILES string of the molecule is Clc1ncnc2ncn(Cc3ccccc3)c12. The zero-order valence-corrected chi connectivity index (χ0v) is 9.67. The predicted octanol–water partition coefficient (Wildman–Crippen LogP) is 2.53. The molecule has 0 radical (unpaired) electrons. The minimum absolute atomic E-state index is 0.434. The van der Waals surface area contributed by atoms with Crippen LogP contribution in [0.3, 0.4) is 0 Å². The molecule has 0 unspecified atom stereocenters. The predicted molar refractivity (Wildman–Crippen MR) is 65.9 cm³/mol. The minimum Gasteiger partial charge on any atom is -0.322 e. The first-order valence-corrected chi connectivity index (χ1v) is 5.57. The van der Waals surface area contributed by atoms with E-state index < -0.39 is 0 Å². The summed E-state index contributed by atoms with van der Waals surface area (Å²) in [5, 5.41) is 0.434. The van der Waals surface area contributed by atoms with Crippen molar-refractivity contribution in [2.24, 2.45) is 0 Å². The number of benzene rings is 1. The second-order valence-corrected chi connectivity index (χ2v) is 4.05. The molecule has 0 aliphatic heterocycles. The molecule has 0 bridgehead atoms. The van der Waals surface area contributed by atoms with Gasteiger partial charge in [0, 0.05) is 6.54 Å². The van der Waals surface area contributed by atoms with Gasteiger partial charge in [0.15, 0.2) is 10.8 Å². The van der Waals surface area contributed by atoms with Crippen LogP contribution < -0.4 is 0 Å². The van der Waals surface area contributed by atoms with Crippen LogP contribution in [0, 0.1) is 0 Å². The van der Waals surface area contributed by atoms with Gasteiger partial charge in [-0.3, -0.25) is 0 Å². The molecule has 2 heterocycles. The maximum Gasteiger partial charge on any atom is 0.182 e. The number of rotatable bonds is 2. The van der Waals surface area contributed by atoms with E-state index in [0.717, 1.165) is 5.52 Å². The van der Waals surface area contributed by atoms with E-state index in [1.807, 2.05) is 22.8 Å². The molecule has 2 aromatic heterocycles. The van der Waals surface area contributed by atoms with Gasteiger partial charge in [-0.25, -0.2) is 15.0 Å². The summed E-state index contributed by atoms with van der Waals surface area (Å²) in [6.07, 6.45) is 3.16. The number of imidazole rings is 1. The van der Waals surface area contributed by atoms with Gasteiger partial charge in [-0.15, -0.1) is 0 Å². The van der Waals surface area contributed by atoms with Crippen LogP contribution in [0.15, 0.2) is 43.0 Å². The smallest absolute Gasteiger partial charge is 0.182 e. The summed E-state index contributed by atoms with van der Waals surface area (Å²) in [4.78, 5) is 12.3. The second kappa shape index (κ2) is 4.14. The molecule has 5 heteroatoms. The third-order valence-corrected chi connectivity index (χ3v) is 2.84. The van der Waals surface area contributed by atoms with Crippen molar-refractivity contribution in [3.05, 3.63) is 53.7 Å². The van der Waals surface area contributed by atoms with Gasteiger partial charge in [0.2, 0.25) is 0 Å². The number of halogens is 1. The van der Waals surface area contributed by atoms with Crippen molar-refractivity contribution in [2.75, 3.05) is 0 Å². The molecule has 0 saturated carbocycles. The summed E-state index contributed by atoms with van der Waals surface area (Å²) < 4.78 is 1.95. The fraction of sp³-hybridized carbons (Fsp3) is 0.0833. The summed E-state index contributed by atoms with van der Waals surface area (Å²) in [6, 6.07) is 10.1. The van der Waals surface area contributed by atoms with E-state index >= 15 is 0 Å². The standard InChI is InChI=1S/C12H9ClN4/c13-11-10-12(15-7-14-11)16-8-17(10)6-9-4-2-1-3-5-9/h1-5,7-8H,6H2. The molecule has 0 aliphatic carbocycles. The van der Waals surface area contributed by atoms with Gasteiger partial charge in [-0.05, 0) is 5.56 Å². The molecular weight excluding hydrogens is 236 g/mol. The van der Waals surface area contributed by atoms with Crippen molar-refractivity contribution in [3.63, 3.8) is 0 Å². The number of nitrogens with zero attached hydrogens (tertiary/aromatic N) is 4. The molecule has 0 amide bonds. The van der Waals surface area contributed by atoms with Crippen molar-refractivity contribution >= 4 is 22.8 Å². The molecule has 0 atom stereocenters. The summed E-state index contributed by atoms with van der Waals surface area (Å²) >= 11 is 6.06. The molecule has 84 valence electrons. The Kier molecular flexibility index (Phi) is 2.49. The molecule has 4 nitrogen and oxygen atoms in total. The highest BCUT2D eigenvalue weighted by atomic mass is 35.5. The second-order valence-electron chi connectivity index (χ2n) is 3.69. The van der Waals surface area contributed by atoms with Gasteiger partial charge in [0.05, 0.1) is 6.33 Å². The Labute approximate surface area is 103 Å². The van der Waals surface area contributed by atoms with E-state index in [1.165, 1.54) is 11.9 Å². The Balaban J connectivity index is 2.07. The molecule has 0 N–H and O–H groups in total. The van der Waals surface area contributed by atoms with Gasteiger partial charge in [0.1, 0.15) is 11.8 Å². The highest BCUT2D eigenvalue weighted by Gasteiger charge is 2.08. The van der Waals surface area contributed by atoms with Crippen LogP contribution >= 0.6 is 11.6 Å². The summed E-state index contributed by atoms with van der Waals surface area (Å²) in [5.41, 5.74) is 2.59. The molecular formula is C12H9ClN4. The fourth-order valence-corrected chi connectivity index (χ4v) is 2.01. The Morgan fingerprint density at radius 1 is 1.06 bits per heavy atom. The highest BCUT2D eigenvalue weighted by Crippen LogP contribution is 2.19. The Bertz CT molecular complexity index is 648. The summed E-state index contributed by atoms with van der Waals surface area (Å²) in [7, 11) is 0. The lowest BCUT2D eigenvalue weighted by atomic mass is 10.2. The highest BCUT2D eigenvalue weighted by molar-refractivity contribution is 6.33. The Morgan fingerprint density at radius 2 is 1.88 bits per heavy atom. The van der Waals surface area contributed by atoms with E-state index in [2.05, 4.69) is 27.1 Å². The van der Waals surface area contributed by atoms with Gasteiger partial charge in [0.25, 0.3) is 0 Å². The number of aromatic nitrogens is 4. The molecule has 0 aliphatic rings. The minimum atomic E-state index is 0.434. The van der Waals surface area contributed by atoms with Crippen LogP contribution in [-0.4, -0.2) is 19.5 Å².